The first-order valence-corrected chi connectivity index (χ1v) is 16.7. The Kier molecular flexibility index (Phi) is 12.3. The number of aryl methyl sites for hydroxylation is 2. The van der Waals surface area contributed by atoms with Gasteiger partial charge in [0, 0.05) is 11.1 Å². The maximum absolute atomic E-state index is 15.3. The summed E-state index contributed by atoms with van der Waals surface area (Å²) in [6, 6.07) is 8.21. The second-order valence-corrected chi connectivity index (χ2v) is 13.1. The van der Waals surface area contributed by atoms with Gasteiger partial charge in [-0.1, -0.05) is 95.5 Å². The molecule has 0 amide bonds. The quantitative estimate of drug-likeness (QED) is 0.128. The smallest absolute Gasteiger partial charge is 0.206 e. The van der Waals surface area contributed by atoms with Gasteiger partial charge in [-0.25, -0.2) is 13.2 Å². The van der Waals surface area contributed by atoms with Crippen molar-refractivity contribution in [2.45, 2.75) is 123 Å². The van der Waals surface area contributed by atoms with Crippen molar-refractivity contribution in [2.24, 2.45) is 23.7 Å². The molecule has 2 saturated carbocycles. The zero-order chi connectivity index (χ0) is 31.0. The Morgan fingerprint density at radius 1 is 0.674 bits per heavy atom. The van der Waals surface area contributed by atoms with Gasteiger partial charge < -0.3 is 0 Å². The van der Waals surface area contributed by atoms with E-state index < -0.39 is 34.8 Å². The molecule has 43 heavy (non-hydrogen) atoms. The van der Waals surface area contributed by atoms with Crippen LogP contribution in [-0.4, -0.2) is 0 Å². The number of benzene rings is 2. The first-order valence-electron chi connectivity index (χ1n) is 16.7. The summed E-state index contributed by atoms with van der Waals surface area (Å²) in [5.74, 6) is -2.06. The number of hydrogen-bond acceptors (Lipinski definition) is 0. The molecule has 0 aliphatic heterocycles. The maximum Gasteiger partial charge on any atom is 0.419 e. The molecule has 6 heteroatoms. The molecule has 0 unspecified atom stereocenters. The average Bonchev–Trinajstić information content (AvgIpc) is 3.00. The van der Waals surface area contributed by atoms with Crippen LogP contribution in [0.5, 0.6) is 0 Å². The van der Waals surface area contributed by atoms with Crippen LogP contribution < -0.4 is 0 Å². The van der Waals surface area contributed by atoms with Gasteiger partial charge in [-0.15, -0.1) is 0 Å². The van der Waals surface area contributed by atoms with E-state index in [9.17, 15) is 13.2 Å². The van der Waals surface area contributed by atoms with E-state index in [0.717, 1.165) is 80.9 Å². The molecule has 2 aromatic carbocycles. The van der Waals surface area contributed by atoms with Crippen molar-refractivity contribution >= 4 is 11.7 Å². The Labute approximate surface area is 254 Å². The molecule has 0 radical (unpaired) electrons. The lowest BCUT2D eigenvalue weighted by atomic mass is 9.68. The Balaban J connectivity index is 1.40. The molecule has 4 rings (SSSR count). The Morgan fingerprint density at radius 2 is 1.26 bits per heavy atom. The molecule has 0 nitrogen and oxygen atoms in total. The molecular weight excluding hydrogens is 558 g/mol. The summed E-state index contributed by atoms with van der Waals surface area (Å²) in [5, 5.41) is 0. The lowest BCUT2D eigenvalue weighted by Crippen LogP contribution is -2.26. The highest BCUT2D eigenvalue weighted by atomic mass is 19.4. The predicted molar refractivity (Wildman–Crippen MR) is 164 cm³/mol. The van der Waals surface area contributed by atoms with Crippen molar-refractivity contribution in [3.05, 3.63) is 70.0 Å². The number of hydrogen-bond donors (Lipinski definition) is 0. The average molecular weight is 607 g/mol. The Hall–Kier alpha value is -2.24. The van der Waals surface area contributed by atoms with Crippen LogP contribution in [0.3, 0.4) is 0 Å². The minimum absolute atomic E-state index is 0.0663. The Morgan fingerprint density at radius 3 is 1.79 bits per heavy atom. The molecule has 0 spiro atoms. The number of unbranched alkanes of at least 4 members (excludes halogenated alkanes) is 2. The van der Waals surface area contributed by atoms with Crippen molar-refractivity contribution in [1.82, 2.24) is 0 Å². The van der Waals surface area contributed by atoms with Crippen LogP contribution in [0.4, 0.5) is 26.3 Å². The lowest BCUT2D eigenvalue weighted by Gasteiger charge is -2.38. The first kappa shape index (κ1) is 33.6. The lowest BCUT2D eigenvalue weighted by molar-refractivity contribution is -0.140. The summed E-state index contributed by atoms with van der Waals surface area (Å²) in [6.07, 6.45) is 11.5. The summed E-state index contributed by atoms with van der Waals surface area (Å²) in [5.41, 5.74) is -1.82. The van der Waals surface area contributed by atoms with Gasteiger partial charge in [-0.2, -0.15) is 13.2 Å². The molecule has 2 aromatic rings. The topological polar surface area (TPSA) is 0 Å². The minimum Gasteiger partial charge on any atom is -0.206 e. The van der Waals surface area contributed by atoms with Crippen LogP contribution >= 0.6 is 0 Å². The van der Waals surface area contributed by atoms with Crippen LogP contribution in [0.2, 0.25) is 0 Å². The molecule has 0 saturated heterocycles. The first-order chi connectivity index (χ1) is 20.6. The molecule has 2 aliphatic rings. The molecule has 0 aromatic heterocycles. The van der Waals surface area contributed by atoms with Crippen LogP contribution in [0, 0.1) is 29.5 Å². The van der Waals surface area contributed by atoms with Gasteiger partial charge >= 0.3 is 6.18 Å². The molecule has 2 aliphatic carbocycles. The van der Waals surface area contributed by atoms with Crippen molar-refractivity contribution in [3.63, 3.8) is 0 Å². The second-order valence-electron chi connectivity index (χ2n) is 13.1. The minimum atomic E-state index is -5.01. The van der Waals surface area contributed by atoms with Crippen LogP contribution in [0.25, 0.3) is 11.7 Å². The number of halogens is 6. The van der Waals surface area contributed by atoms with Crippen molar-refractivity contribution < 1.29 is 26.3 Å². The van der Waals surface area contributed by atoms with Gasteiger partial charge in [0.2, 0.25) is 0 Å². The van der Waals surface area contributed by atoms with Gasteiger partial charge in [0.15, 0.2) is 11.7 Å². The normalized spacial score (nSPS) is 23.7. The largest absolute Gasteiger partial charge is 0.419 e. The fourth-order valence-corrected chi connectivity index (χ4v) is 7.61. The van der Waals surface area contributed by atoms with E-state index in [1.54, 1.807) is 12.1 Å². The summed E-state index contributed by atoms with van der Waals surface area (Å²) < 4.78 is 87.7. The third kappa shape index (κ3) is 8.91. The van der Waals surface area contributed by atoms with E-state index in [0.29, 0.717) is 18.3 Å². The monoisotopic (exact) mass is 606 g/mol. The molecule has 0 bridgehead atoms. The van der Waals surface area contributed by atoms with E-state index in [4.69, 9.17) is 0 Å². The van der Waals surface area contributed by atoms with Gasteiger partial charge in [0.05, 0.1) is 5.56 Å². The molecule has 0 atom stereocenters. The predicted octanol–water partition coefficient (Wildman–Crippen LogP) is 12.7. The second kappa shape index (κ2) is 15.7. The zero-order valence-corrected chi connectivity index (χ0v) is 25.9. The highest BCUT2D eigenvalue weighted by Crippen LogP contribution is 2.44. The molecule has 0 heterocycles. The third-order valence-corrected chi connectivity index (χ3v) is 10.2. The van der Waals surface area contributed by atoms with Gasteiger partial charge in [0.1, 0.15) is 5.82 Å². The van der Waals surface area contributed by atoms with E-state index >= 15 is 13.2 Å². The molecular formula is C37H48F6. The fourth-order valence-electron chi connectivity index (χ4n) is 7.61. The molecule has 0 N–H and O–H groups in total. The summed E-state index contributed by atoms with van der Waals surface area (Å²) in [7, 11) is 0. The van der Waals surface area contributed by atoms with Crippen molar-refractivity contribution in [2.75, 3.05) is 0 Å². The van der Waals surface area contributed by atoms with Crippen LogP contribution in [0.1, 0.15) is 132 Å². The summed E-state index contributed by atoms with van der Waals surface area (Å²) in [4.78, 5) is 0. The zero-order valence-electron chi connectivity index (χ0n) is 25.9. The van der Waals surface area contributed by atoms with Crippen LogP contribution in [0.15, 0.2) is 36.4 Å². The third-order valence-electron chi connectivity index (χ3n) is 10.2. The van der Waals surface area contributed by atoms with Gasteiger partial charge in [0.25, 0.3) is 0 Å². The van der Waals surface area contributed by atoms with Crippen molar-refractivity contribution in [1.29, 1.82) is 0 Å². The SMILES string of the molecule is CCCCCc1ccc(C(F)=C(F)c2ccc(CCC3CCC(C4CCC(CCC)CC4)CC3)c(C(F)(F)F)c2F)cc1. The highest BCUT2D eigenvalue weighted by Gasteiger charge is 2.39. The van der Waals surface area contributed by atoms with E-state index in [2.05, 4.69) is 13.8 Å². The number of alkyl halides is 3. The van der Waals surface area contributed by atoms with Crippen LogP contribution in [-0.2, 0) is 19.0 Å². The van der Waals surface area contributed by atoms with E-state index in [1.807, 2.05) is 0 Å². The van der Waals surface area contributed by atoms with E-state index in [-0.39, 0.29) is 17.5 Å². The van der Waals surface area contributed by atoms with Gasteiger partial charge in [-0.05, 0) is 92.2 Å². The van der Waals surface area contributed by atoms with E-state index in [1.165, 1.54) is 50.7 Å². The molecule has 2 fully saturated rings. The standard InChI is InChI=1S/C37H48F6/c1-3-5-6-8-26-14-21-31(22-15-26)34(38)36(40)32-24-23-30(33(35(32)39)37(41,42)43)20-13-27-11-18-29(19-12-27)28-16-9-25(7-4-2)10-17-28/h14-15,21-25,27-29H,3-13,16-20H2,1-2H3. The summed E-state index contributed by atoms with van der Waals surface area (Å²) in [6.45, 7) is 4.34. The fraction of sp³-hybridized carbons (Fsp3) is 0.622. The highest BCUT2D eigenvalue weighted by molar-refractivity contribution is 5.83. The maximum atomic E-state index is 15.3. The molecule has 238 valence electrons. The summed E-state index contributed by atoms with van der Waals surface area (Å²) >= 11 is 0. The van der Waals surface area contributed by atoms with Gasteiger partial charge in [-0.3, -0.25) is 0 Å². The Bertz CT molecular complexity index is 1180. The van der Waals surface area contributed by atoms with Crippen molar-refractivity contribution in [3.8, 4) is 0 Å². The number of rotatable bonds is 12.